The monoisotopic (exact) mass is 1040 g/mol. The lowest BCUT2D eigenvalue weighted by Gasteiger charge is -2.22. The smallest absolute Gasteiger partial charge is 0.196 e. The summed E-state index contributed by atoms with van der Waals surface area (Å²) in [6.45, 7) is 4.59. The van der Waals surface area contributed by atoms with Crippen LogP contribution in [0.15, 0.2) is 92.4 Å². The van der Waals surface area contributed by atoms with Gasteiger partial charge in [0.25, 0.3) is 0 Å². The van der Waals surface area contributed by atoms with Gasteiger partial charge in [0.05, 0.1) is 0 Å². The highest BCUT2D eigenvalue weighted by Crippen LogP contribution is 2.43. The summed E-state index contributed by atoms with van der Waals surface area (Å²) in [5.74, 6) is -0.245. The molecule has 0 aliphatic heterocycles. The van der Waals surface area contributed by atoms with Gasteiger partial charge in [-0.3, -0.25) is 9.59 Å². The Balaban J connectivity index is 0.972. The number of benzene rings is 4. The molecule has 0 unspecified atom stereocenters. The van der Waals surface area contributed by atoms with Crippen molar-refractivity contribution in [1.29, 1.82) is 0 Å². The molecular formula is C68H102N2O2S2. The number of carbonyl (C=O) groups is 2. The standard InChI is InChI=1S/C68H102N2O2S2/c1-3-5-7-9-11-13-15-17-19-21-23-25-27-29-31-33-35-37-39-43-55-49-51-61(59(69)53-55)73-63-47-41-45-57-65(63)68(72)66-58(67(57)71)46-42-48-64(66)74-62-52-50-56(54-60(62)70)44-40-38-36-34-32-30-28-26-24-22-20-18-16-14-12-10-8-6-4-2/h41-42,45-54H,3-40,43-44,69-70H2,1-2H3. The molecule has 4 nitrogen and oxygen atoms in total. The number of hydrogen-bond donors (Lipinski definition) is 2. The Kier molecular flexibility index (Phi) is 31.6. The third kappa shape index (κ3) is 23.0. The molecule has 0 heterocycles. The van der Waals surface area contributed by atoms with Crippen LogP contribution in [-0.2, 0) is 12.8 Å². The molecule has 74 heavy (non-hydrogen) atoms. The SMILES string of the molecule is CCCCCCCCCCCCCCCCCCCCCc1ccc(Sc2cccc3c2C(=O)c2c(Sc4ccc(CCCCCCCCCCCCCCCCCCCCC)cc4N)cccc2C3=O)c(N)c1. The van der Waals surface area contributed by atoms with Crippen LogP contribution in [0.25, 0.3) is 0 Å². The molecule has 0 aromatic heterocycles. The maximum Gasteiger partial charge on any atom is 0.196 e. The van der Waals surface area contributed by atoms with Crippen LogP contribution < -0.4 is 11.5 Å². The van der Waals surface area contributed by atoms with Crippen molar-refractivity contribution in [2.24, 2.45) is 0 Å². The highest BCUT2D eigenvalue weighted by molar-refractivity contribution is 8.00. The first-order chi connectivity index (χ1) is 36.4. The van der Waals surface area contributed by atoms with Gasteiger partial charge in [-0.25, -0.2) is 0 Å². The molecule has 1 aliphatic carbocycles. The molecule has 408 valence electrons. The normalized spacial score (nSPS) is 12.2. The summed E-state index contributed by atoms with van der Waals surface area (Å²) in [5, 5.41) is 0. The highest BCUT2D eigenvalue weighted by atomic mass is 32.2. The van der Waals surface area contributed by atoms with Crippen LogP contribution in [0.1, 0.15) is 301 Å². The summed E-state index contributed by atoms with van der Waals surface area (Å²) in [6.07, 6.45) is 54.6. The minimum Gasteiger partial charge on any atom is -0.398 e. The Morgan fingerprint density at radius 2 is 0.581 bits per heavy atom. The Morgan fingerprint density at radius 1 is 0.311 bits per heavy atom. The predicted octanol–water partition coefficient (Wildman–Crippen LogP) is 21.9. The average Bonchev–Trinajstić information content (AvgIpc) is 3.40. The van der Waals surface area contributed by atoms with Crippen molar-refractivity contribution in [2.45, 2.75) is 290 Å². The molecule has 0 amide bonds. The molecule has 4 aromatic carbocycles. The zero-order valence-corrected chi connectivity index (χ0v) is 48.6. The largest absolute Gasteiger partial charge is 0.398 e. The molecule has 5 rings (SSSR count). The predicted molar refractivity (Wildman–Crippen MR) is 324 cm³/mol. The van der Waals surface area contributed by atoms with Crippen molar-refractivity contribution in [2.75, 3.05) is 11.5 Å². The van der Waals surface area contributed by atoms with Crippen molar-refractivity contribution < 1.29 is 9.59 Å². The van der Waals surface area contributed by atoms with Gasteiger partial charge in [-0.05, 0) is 73.2 Å². The van der Waals surface area contributed by atoms with Gasteiger partial charge >= 0.3 is 0 Å². The number of anilines is 2. The van der Waals surface area contributed by atoms with Crippen LogP contribution in [0.5, 0.6) is 0 Å². The molecule has 0 bridgehead atoms. The maximum absolute atomic E-state index is 14.6. The summed E-state index contributed by atoms with van der Waals surface area (Å²) >= 11 is 2.96. The van der Waals surface area contributed by atoms with E-state index in [1.165, 1.54) is 279 Å². The molecule has 1 aliphatic rings. The van der Waals surface area contributed by atoms with E-state index in [4.69, 9.17) is 11.5 Å². The number of fused-ring (bicyclic) bond motifs is 2. The fraction of sp³-hybridized carbons (Fsp3) is 0.618. The molecule has 0 saturated carbocycles. The van der Waals surface area contributed by atoms with Crippen molar-refractivity contribution in [3.8, 4) is 0 Å². The van der Waals surface area contributed by atoms with Gasteiger partial charge < -0.3 is 11.5 Å². The number of nitrogen functional groups attached to an aromatic ring is 2. The van der Waals surface area contributed by atoms with Crippen molar-refractivity contribution >= 4 is 46.5 Å². The molecular weight excluding hydrogens is 941 g/mol. The van der Waals surface area contributed by atoms with Gasteiger partial charge in [0.1, 0.15) is 0 Å². The van der Waals surface area contributed by atoms with Crippen LogP contribution in [0.4, 0.5) is 11.4 Å². The van der Waals surface area contributed by atoms with E-state index in [0.29, 0.717) is 33.6 Å². The number of unbranched alkanes of at least 4 members (excludes halogenated alkanes) is 36. The zero-order chi connectivity index (χ0) is 52.3. The second-order valence-electron chi connectivity index (χ2n) is 22.2. The third-order valence-electron chi connectivity index (χ3n) is 15.7. The molecule has 0 spiro atoms. The Morgan fingerprint density at radius 3 is 0.851 bits per heavy atom. The molecule has 6 heteroatoms. The van der Waals surface area contributed by atoms with Gasteiger partial charge in [-0.2, -0.15) is 0 Å². The molecule has 0 fully saturated rings. The first kappa shape index (κ1) is 61.4. The van der Waals surface area contributed by atoms with Crippen molar-refractivity contribution in [1.82, 2.24) is 0 Å². The van der Waals surface area contributed by atoms with E-state index in [9.17, 15) is 9.59 Å². The van der Waals surface area contributed by atoms with Gasteiger partial charge in [-0.1, -0.05) is 305 Å². The average molecular weight is 1040 g/mol. The molecule has 0 saturated heterocycles. The third-order valence-corrected chi connectivity index (χ3v) is 18.0. The van der Waals surface area contributed by atoms with Gasteiger partial charge in [0.2, 0.25) is 0 Å². The topological polar surface area (TPSA) is 86.2 Å². The van der Waals surface area contributed by atoms with E-state index >= 15 is 0 Å². The summed E-state index contributed by atoms with van der Waals surface area (Å²) in [4.78, 5) is 32.0. The minimum absolute atomic E-state index is 0.120. The van der Waals surface area contributed by atoms with Crippen LogP contribution in [0.2, 0.25) is 0 Å². The van der Waals surface area contributed by atoms with Crippen LogP contribution in [0, 0.1) is 0 Å². The first-order valence-electron chi connectivity index (χ1n) is 30.9. The Bertz CT molecular complexity index is 2030. The number of hydrogen-bond acceptors (Lipinski definition) is 6. The molecule has 0 atom stereocenters. The number of ketones is 2. The van der Waals surface area contributed by atoms with E-state index < -0.39 is 0 Å². The van der Waals surface area contributed by atoms with Crippen molar-refractivity contribution in [3.63, 3.8) is 0 Å². The Hall–Kier alpha value is -3.48. The quantitative estimate of drug-likeness (QED) is 0.0299. The molecule has 0 radical (unpaired) electrons. The Labute approximate surface area is 461 Å². The number of rotatable bonds is 44. The van der Waals surface area contributed by atoms with E-state index in [0.717, 1.165) is 32.4 Å². The highest BCUT2D eigenvalue weighted by Gasteiger charge is 2.34. The van der Waals surface area contributed by atoms with Gasteiger partial charge in [-0.15, -0.1) is 0 Å². The van der Waals surface area contributed by atoms with Gasteiger partial charge in [0.15, 0.2) is 11.6 Å². The van der Waals surface area contributed by atoms with E-state index in [1.54, 1.807) is 12.1 Å². The van der Waals surface area contributed by atoms with Crippen LogP contribution >= 0.6 is 23.5 Å². The lowest BCUT2D eigenvalue weighted by molar-refractivity contribution is 0.0974. The lowest BCUT2D eigenvalue weighted by Crippen LogP contribution is -2.22. The fourth-order valence-corrected chi connectivity index (χ4v) is 13.1. The zero-order valence-electron chi connectivity index (χ0n) is 47.0. The second-order valence-corrected chi connectivity index (χ2v) is 24.4. The summed E-state index contributed by atoms with van der Waals surface area (Å²) in [5.41, 5.74) is 19.2. The summed E-state index contributed by atoms with van der Waals surface area (Å²) in [6, 6.07) is 23.9. The van der Waals surface area contributed by atoms with Crippen molar-refractivity contribution in [3.05, 3.63) is 106 Å². The summed E-state index contributed by atoms with van der Waals surface area (Å²) in [7, 11) is 0. The molecule has 4 aromatic rings. The lowest BCUT2D eigenvalue weighted by atomic mass is 9.84. The van der Waals surface area contributed by atoms with E-state index in [2.05, 4.69) is 50.2 Å². The number of carbonyl (C=O) groups excluding carboxylic acids is 2. The first-order valence-corrected chi connectivity index (χ1v) is 32.5. The van der Waals surface area contributed by atoms with E-state index in [1.807, 2.05) is 24.3 Å². The fourth-order valence-electron chi connectivity index (χ4n) is 11.1. The minimum atomic E-state index is -0.125. The molecule has 4 N–H and O–H groups in total. The van der Waals surface area contributed by atoms with E-state index in [-0.39, 0.29) is 11.6 Å². The number of nitrogens with two attached hydrogens (primary N) is 2. The van der Waals surface area contributed by atoms with Crippen LogP contribution in [-0.4, -0.2) is 11.6 Å². The maximum atomic E-state index is 14.6. The van der Waals surface area contributed by atoms with Crippen LogP contribution in [0.3, 0.4) is 0 Å². The summed E-state index contributed by atoms with van der Waals surface area (Å²) < 4.78 is 0. The number of aryl methyl sites for hydroxylation is 2. The second kappa shape index (κ2) is 38.1. The van der Waals surface area contributed by atoms with Gasteiger partial charge in [0, 0.05) is 53.2 Å².